The van der Waals surface area contributed by atoms with E-state index in [0.29, 0.717) is 20.8 Å². The fourth-order valence-electron chi connectivity index (χ4n) is 3.11. The molecule has 3 rings (SSSR count). The molecule has 0 unspecified atom stereocenters. The zero-order valence-electron chi connectivity index (χ0n) is 18.1. The summed E-state index contributed by atoms with van der Waals surface area (Å²) in [6, 6.07) is 14.2. The van der Waals surface area contributed by atoms with Crippen LogP contribution in [0.1, 0.15) is 5.56 Å². The molecule has 174 valence electrons. The first-order valence-corrected chi connectivity index (χ1v) is 11.5. The number of para-hydroxylation sites is 1. The van der Waals surface area contributed by atoms with Crippen molar-refractivity contribution >= 4 is 38.9 Å². The minimum Gasteiger partial charge on any atom is -0.493 e. The third-order valence-corrected chi connectivity index (χ3v) is 6.82. The van der Waals surface area contributed by atoms with E-state index in [1.54, 1.807) is 25.1 Å². The van der Waals surface area contributed by atoms with E-state index in [4.69, 9.17) is 21.1 Å². The summed E-state index contributed by atoms with van der Waals surface area (Å²) >= 11 is 6.00. The Morgan fingerprint density at radius 2 is 1.73 bits per heavy atom. The first-order chi connectivity index (χ1) is 15.7. The molecule has 0 spiro atoms. The van der Waals surface area contributed by atoms with Crippen molar-refractivity contribution in [2.24, 2.45) is 0 Å². The third kappa shape index (κ3) is 5.37. The lowest BCUT2D eigenvalue weighted by Gasteiger charge is -2.25. The molecule has 0 bridgehead atoms. The van der Waals surface area contributed by atoms with Crippen LogP contribution < -0.4 is 19.1 Å². The summed E-state index contributed by atoms with van der Waals surface area (Å²) in [4.78, 5) is 12.6. The third-order valence-electron chi connectivity index (χ3n) is 4.83. The molecule has 0 aliphatic heterocycles. The zero-order valence-corrected chi connectivity index (χ0v) is 19.7. The van der Waals surface area contributed by atoms with E-state index in [2.05, 4.69) is 5.32 Å². The molecule has 0 aliphatic carbocycles. The molecule has 0 atom stereocenters. The Balaban J connectivity index is 2.02. The Morgan fingerprint density at radius 1 is 1.03 bits per heavy atom. The first kappa shape index (κ1) is 24.3. The second-order valence-electron chi connectivity index (χ2n) is 6.99. The van der Waals surface area contributed by atoms with Gasteiger partial charge in [0.2, 0.25) is 5.91 Å². The van der Waals surface area contributed by atoms with Crippen molar-refractivity contribution in [1.82, 2.24) is 0 Å². The number of methoxy groups -OCH3 is 2. The van der Waals surface area contributed by atoms with E-state index in [0.717, 1.165) is 11.6 Å². The lowest BCUT2D eigenvalue weighted by atomic mass is 10.2. The lowest BCUT2D eigenvalue weighted by molar-refractivity contribution is -0.114. The minimum atomic E-state index is -4.37. The molecule has 33 heavy (non-hydrogen) atoms. The van der Waals surface area contributed by atoms with Gasteiger partial charge in [-0.3, -0.25) is 9.10 Å². The predicted molar refractivity (Wildman–Crippen MR) is 125 cm³/mol. The van der Waals surface area contributed by atoms with Crippen LogP contribution in [0.3, 0.4) is 0 Å². The second kappa shape index (κ2) is 10.1. The van der Waals surface area contributed by atoms with Crippen molar-refractivity contribution in [2.45, 2.75) is 11.8 Å². The van der Waals surface area contributed by atoms with Crippen molar-refractivity contribution in [2.75, 3.05) is 30.4 Å². The summed E-state index contributed by atoms with van der Waals surface area (Å²) in [6.07, 6.45) is 0. The molecule has 0 fully saturated rings. The van der Waals surface area contributed by atoms with Crippen molar-refractivity contribution in [3.05, 3.63) is 77.1 Å². The number of ether oxygens (including phenoxy) is 2. The maximum absolute atomic E-state index is 14.6. The van der Waals surface area contributed by atoms with Gasteiger partial charge < -0.3 is 14.8 Å². The number of nitrogens with zero attached hydrogens (tertiary/aromatic N) is 1. The van der Waals surface area contributed by atoms with Gasteiger partial charge in [-0.2, -0.15) is 0 Å². The topological polar surface area (TPSA) is 84.9 Å². The van der Waals surface area contributed by atoms with Gasteiger partial charge in [-0.15, -0.1) is 0 Å². The van der Waals surface area contributed by atoms with Crippen molar-refractivity contribution < 1.29 is 27.1 Å². The van der Waals surface area contributed by atoms with Crippen molar-refractivity contribution in [1.29, 1.82) is 0 Å². The van der Waals surface area contributed by atoms with Gasteiger partial charge in [0.15, 0.2) is 11.5 Å². The zero-order chi connectivity index (χ0) is 24.2. The normalized spacial score (nSPS) is 11.1. The number of rotatable bonds is 8. The number of carbonyl (C=O) groups excluding carboxylic acids is 1. The smallest absolute Gasteiger partial charge is 0.265 e. The van der Waals surface area contributed by atoms with E-state index < -0.39 is 28.3 Å². The number of benzene rings is 3. The molecule has 7 nitrogen and oxygen atoms in total. The van der Waals surface area contributed by atoms with Crippen molar-refractivity contribution in [3.8, 4) is 11.5 Å². The van der Waals surface area contributed by atoms with Gasteiger partial charge in [-0.25, -0.2) is 12.8 Å². The Kier molecular flexibility index (Phi) is 7.45. The maximum atomic E-state index is 14.6. The van der Waals surface area contributed by atoms with Crippen LogP contribution in [0.4, 0.5) is 15.8 Å². The summed E-state index contributed by atoms with van der Waals surface area (Å²) in [5.41, 5.74) is 0.877. The van der Waals surface area contributed by atoms with Crippen LogP contribution in [0.5, 0.6) is 11.5 Å². The van der Waals surface area contributed by atoms with E-state index >= 15 is 0 Å². The number of carbonyl (C=O) groups is 1. The molecule has 10 heteroatoms. The molecule has 3 aromatic carbocycles. The highest BCUT2D eigenvalue weighted by Crippen LogP contribution is 2.33. The molecule has 0 heterocycles. The van der Waals surface area contributed by atoms with Crippen LogP contribution in [0.15, 0.2) is 65.6 Å². The molecule has 0 radical (unpaired) electrons. The first-order valence-electron chi connectivity index (χ1n) is 9.72. The molecule has 1 amide bonds. The van der Waals surface area contributed by atoms with E-state index in [-0.39, 0.29) is 16.3 Å². The number of hydrogen-bond acceptors (Lipinski definition) is 5. The SMILES string of the molecule is COc1ccc(S(=O)(=O)N(CC(=O)Nc2cc(Cl)ccc2C)c2ccccc2F)cc1OC. The molecule has 0 aromatic heterocycles. The van der Waals surface area contributed by atoms with Gasteiger partial charge in [-0.05, 0) is 48.9 Å². The monoisotopic (exact) mass is 492 g/mol. The lowest BCUT2D eigenvalue weighted by Crippen LogP contribution is -2.38. The Labute approximate surface area is 196 Å². The highest BCUT2D eigenvalue weighted by Gasteiger charge is 2.30. The fourth-order valence-corrected chi connectivity index (χ4v) is 4.72. The number of amides is 1. The summed E-state index contributed by atoms with van der Waals surface area (Å²) in [5, 5.41) is 3.04. The number of nitrogens with one attached hydrogen (secondary N) is 1. The summed E-state index contributed by atoms with van der Waals surface area (Å²) < 4.78 is 52.7. The van der Waals surface area contributed by atoms with Crippen LogP contribution in [-0.4, -0.2) is 35.1 Å². The Morgan fingerprint density at radius 3 is 2.39 bits per heavy atom. The minimum absolute atomic E-state index is 0.172. The summed E-state index contributed by atoms with van der Waals surface area (Å²) in [5.74, 6) is -0.977. The van der Waals surface area contributed by atoms with Crippen LogP contribution in [0.2, 0.25) is 5.02 Å². The highest BCUT2D eigenvalue weighted by molar-refractivity contribution is 7.92. The highest BCUT2D eigenvalue weighted by atomic mass is 35.5. The quantitative estimate of drug-likeness (QED) is 0.495. The number of halogens is 2. The molecule has 0 aliphatic rings. The van der Waals surface area contributed by atoms with Gasteiger partial charge in [0.05, 0.1) is 24.8 Å². The van der Waals surface area contributed by atoms with Gasteiger partial charge >= 0.3 is 0 Å². The molecule has 1 N–H and O–H groups in total. The number of anilines is 2. The van der Waals surface area contributed by atoms with Gasteiger partial charge in [0.1, 0.15) is 12.4 Å². The van der Waals surface area contributed by atoms with E-state index in [9.17, 15) is 17.6 Å². The fraction of sp³-hybridized carbons (Fsp3) is 0.174. The molecule has 0 saturated carbocycles. The maximum Gasteiger partial charge on any atom is 0.265 e. The van der Waals surface area contributed by atoms with Gasteiger partial charge in [-0.1, -0.05) is 29.8 Å². The number of aryl methyl sites for hydroxylation is 1. The Bertz CT molecular complexity index is 1280. The average Bonchev–Trinajstić information content (AvgIpc) is 2.79. The van der Waals surface area contributed by atoms with E-state index in [1.165, 1.54) is 50.6 Å². The van der Waals surface area contributed by atoms with Crippen molar-refractivity contribution in [3.63, 3.8) is 0 Å². The van der Waals surface area contributed by atoms with E-state index in [1.807, 2.05) is 0 Å². The molecule has 0 saturated heterocycles. The molecular formula is C23H22ClFN2O5S. The second-order valence-corrected chi connectivity index (χ2v) is 9.29. The standard InChI is InChI=1S/C23H22ClFN2O5S/c1-15-8-9-16(24)12-19(15)26-23(28)14-27(20-7-5-4-6-18(20)25)33(29,30)17-10-11-21(31-2)22(13-17)32-3/h4-13H,14H2,1-3H3,(H,26,28). The van der Waals surface area contributed by atoms with Crippen LogP contribution >= 0.6 is 11.6 Å². The summed E-state index contributed by atoms with van der Waals surface area (Å²) in [6.45, 7) is 1.09. The van der Waals surface area contributed by atoms with Gasteiger partial charge in [0.25, 0.3) is 10.0 Å². The van der Waals surface area contributed by atoms with Crippen LogP contribution in [0, 0.1) is 12.7 Å². The van der Waals surface area contributed by atoms with Crippen LogP contribution in [-0.2, 0) is 14.8 Å². The summed E-state index contributed by atoms with van der Waals surface area (Å²) in [7, 11) is -1.59. The largest absolute Gasteiger partial charge is 0.493 e. The average molecular weight is 493 g/mol. The number of hydrogen-bond donors (Lipinski definition) is 1. The van der Waals surface area contributed by atoms with Crippen LogP contribution in [0.25, 0.3) is 0 Å². The number of sulfonamides is 1. The predicted octanol–water partition coefficient (Wildman–Crippen LogP) is 4.64. The molecular weight excluding hydrogens is 471 g/mol. The van der Waals surface area contributed by atoms with Gasteiger partial charge in [0, 0.05) is 16.8 Å². The molecule has 3 aromatic rings. The Hall–Kier alpha value is -3.30.